The highest BCUT2D eigenvalue weighted by atomic mass is 35.5. The summed E-state index contributed by atoms with van der Waals surface area (Å²) < 4.78 is 1.98. The minimum Gasteiger partial charge on any atom is -0.348 e. The number of hydrogen-bond acceptors (Lipinski definition) is 3. The Kier molecular flexibility index (Phi) is 7.09. The van der Waals surface area contributed by atoms with Gasteiger partial charge in [0.15, 0.2) is 0 Å². The average molecular weight is 391 g/mol. The molecule has 0 aliphatic heterocycles. The predicted molar refractivity (Wildman–Crippen MR) is 112 cm³/mol. The highest BCUT2D eigenvalue weighted by Gasteiger charge is 2.17. The summed E-state index contributed by atoms with van der Waals surface area (Å²) in [6.45, 7) is 3.50. The van der Waals surface area contributed by atoms with E-state index in [2.05, 4.69) is 36.5 Å². The zero-order chi connectivity index (χ0) is 17.8. The summed E-state index contributed by atoms with van der Waals surface area (Å²) in [6, 6.07) is 18.6. The Hall–Kier alpha value is -2.01. The summed E-state index contributed by atoms with van der Waals surface area (Å²) >= 11 is 6.64. The van der Waals surface area contributed by atoms with E-state index < -0.39 is 0 Å². The second-order valence-electron chi connectivity index (χ2n) is 6.30. The summed E-state index contributed by atoms with van der Waals surface area (Å²) in [5, 5.41) is 4.08. The van der Waals surface area contributed by atoms with E-state index in [4.69, 9.17) is 16.6 Å². The van der Waals surface area contributed by atoms with Crippen molar-refractivity contribution < 1.29 is 0 Å². The first-order chi connectivity index (χ1) is 12.1. The molecular formula is C20H24Cl2N4. The third-order valence-corrected chi connectivity index (χ3v) is 4.41. The van der Waals surface area contributed by atoms with Crippen LogP contribution in [0, 0.1) is 6.92 Å². The van der Waals surface area contributed by atoms with Crippen molar-refractivity contribution in [3.8, 4) is 5.69 Å². The molecule has 0 aliphatic carbocycles. The molecule has 1 heterocycles. The molecule has 2 aromatic carbocycles. The van der Waals surface area contributed by atoms with Crippen LogP contribution in [-0.4, -0.2) is 23.6 Å². The molecular weight excluding hydrogens is 367 g/mol. The number of aryl methyl sites for hydroxylation is 1. The maximum atomic E-state index is 6.64. The van der Waals surface area contributed by atoms with Crippen LogP contribution in [0.25, 0.3) is 5.69 Å². The van der Waals surface area contributed by atoms with Gasteiger partial charge in [0.2, 0.25) is 5.95 Å². The first-order valence-corrected chi connectivity index (χ1v) is 8.70. The molecule has 0 saturated carbocycles. The second-order valence-corrected chi connectivity index (χ2v) is 6.66. The van der Waals surface area contributed by atoms with Crippen molar-refractivity contribution in [1.29, 1.82) is 0 Å². The van der Waals surface area contributed by atoms with E-state index in [0.717, 1.165) is 23.9 Å². The largest absolute Gasteiger partial charge is 0.348 e. The van der Waals surface area contributed by atoms with E-state index in [1.165, 1.54) is 11.1 Å². The second kappa shape index (κ2) is 9.08. The molecule has 0 radical (unpaired) electrons. The Morgan fingerprint density at radius 2 is 1.65 bits per heavy atom. The lowest BCUT2D eigenvalue weighted by Crippen LogP contribution is -2.15. The molecule has 4 nitrogen and oxygen atoms in total. The maximum Gasteiger partial charge on any atom is 0.211 e. The molecule has 0 fully saturated rings. The lowest BCUT2D eigenvalue weighted by molar-refractivity contribution is 0.682. The van der Waals surface area contributed by atoms with Crippen molar-refractivity contribution in [2.75, 3.05) is 19.0 Å². The monoisotopic (exact) mass is 390 g/mol. The number of benzene rings is 2. The van der Waals surface area contributed by atoms with Gasteiger partial charge in [0.1, 0.15) is 5.15 Å². The van der Waals surface area contributed by atoms with Gasteiger partial charge in [-0.15, -0.1) is 12.4 Å². The standard InChI is InChI=1S/C20H23ClN4.ClH/c1-15-9-11-16(12-10-15)13-22-14-18-19(21)25(20(23-18)24(2)3)17-7-5-4-6-8-17;/h4-12,22H,13-14H2,1-3H3;1H. The zero-order valence-corrected chi connectivity index (χ0v) is 16.8. The quantitative estimate of drug-likeness (QED) is 0.666. The van der Waals surface area contributed by atoms with Crippen LogP contribution in [0.4, 0.5) is 5.95 Å². The summed E-state index contributed by atoms with van der Waals surface area (Å²) in [6.07, 6.45) is 0. The molecule has 3 aromatic rings. The summed E-state index contributed by atoms with van der Waals surface area (Å²) in [7, 11) is 3.95. The summed E-state index contributed by atoms with van der Waals surface area (Å²) in [5.41, 5.74) is 4.37. The zero-order valence-electron chi connectivity index (χ0n) is 15.2. The van der Waals surface area contributed by atoms with Crippen molar-refractivity contribution in [3.05, 3.63) is 76.6 Å². The van der Waals surface area contributed by atoms with E-state index in [9.17, 15) is 0 Å². The van der Waals surface area contributed by atoms with Crippen LogP contribution < -0.4 is 10.2 Å². The normalized spacial score (nSPS) is 10.5. The van der Waals surface area contributed by atoms with Gasteiger partial charge in [-0.3, -0.25) is 4.57 Å². The Balaban J connectivity index is 0.00000243. The van der Waals surface area contributed by atoms with Gasteiger partial charge in [0.05, 0.1) is 5.69 Å². The lowest BCUT2D eigenvalue weighted by atomic mass is 10.1. The fourth-order valence-electron chi connectivity index (χ4n) is 2.68. The van der Waals surface area contributed by atoms with Crippen molar-refractivity contribution >= 4 is 30.0 Å². The number of anilines is 1. The van der Waals surface area contributed by atoms with E-state index in [1.807, 2.05) is 53.9 Å². The molecule has 0 bridgehead atoms. The Morgan fingerprint density at radius 1 is 1.00 bits per heavy atom. The molecule has 138 valence electrons. The minimum atomic E-state index is 0. The predicted octanol–water partition coefficient (Wildman–Crippen LogP) is 4.61. The fourth-order valence-corrected chi connectivity index (χ4v) is 2.97. The number of hydrogen-bond donors (Lipinski definition) is 1. The number of imidazole rings is 1. The van der Waals surface area contributed by atoms with Crippen LogP contribution in [0.5, 0.6) is 0 Å². The molecule has 6 heteroatoms. The number of halogens is 2. The third kappa shape index (κ3) is 4.58. The van der Waals surface area contributed by atoms with Gasteiger partial charge < -0.3 is 10.2 Å². The molecule has 0 spiro atoms. The highest BCUT2D eigenvalue weighted by molar-refractivity contribution is 6.30. The summed E-state index contributed by atoms with van der Waals surface area (Å²) in [5.74, 6) is 0.823. The SMILES string of the molecule is Cc1ccc(CNCc2nc(N(C)C)n(-c3ccccc3)c2Cl)cc1.Cl. The first-order valence-electron chi connectivity index (χ1n) is 8.32. The highest BCUT2D eigenvalue weighted by Crippen LogP contribution is 2.27. The van der Waals surface area contributed by atoms with E-state index in [0.29, 0.717) is 11.7 Å². The topological polar surface area (TPSA) is 33.1 Å². The minimum absolute atomic E-state index is 0. The third-order valence-electron chi connectivity index (χ3n) is 4.03. The molecule has 3 rings (SSSR count). The van der Waals surface area contributed by atoms with Gasteiger partial charge in [0, 0.05) is 32.9 Å². The van der Waals surface area contributed by atoms with E-state index in [-0.39, 0.29) is 12.4 Å². The number of para-hydroxylation sites is 1. The van der Waals surface area contributed by atoms with E-state index in [1.54, 1.807) is 0 Å². The number of aromatic nitrogens is 2. The van der Waals surface area contributed by atoms with Gasteiger partial charge in [0.25, 0.3) is 0 Å². The van der Waals surface area contributed by atoms with Crippen molar-refractivity contribution in [3.63, 3.8) is 0 Å². The van der Waals surface area contributed by atoms with Crippen molar-refractivity contribution in [2.24, 2.45) is 0 Å². The Labute approximate surface area is 166 Å². The summed E-state index contributed by atoms with van der Waals surface area (Å²) in [4.78, 5) is 6.70. The maximum absolute atomic E-state index is 6.64. The molecule has 26 heavy (non-hydrogen) atoms. The number of rotatable bonds is 6. The molecule has 0 saturated heterocycles. The lowest BCUT2D eigenvalue weighted by Gasteiger charge is -2.14. The molecule has 0 atom stereocenters. The smallest absolute Gasteiger partial charge is 0.211 e. The van der Waals surface area contributed by atoms with Gasteiger partial charge in [-0.1, -0.05) is 59.6 Å². The van der Waals surface area contributed by atoms with Crippen LogP contribution >= 0.6 is 24.0 Å². The van der Waals surface area contributed by atoms with Crippen LogP contribution in [0.15, 0.2) is 54.6 Å². The molecule has 0 amide bonds. The Bertz CT molecular complexity index is 827. The van der Waals surface area contributed by atoms with Crippen LogP contribution in [-0.2, 0) is 13.1 Å². The fraction of sp³-hybridized carbons (Fsp3) is 0.250. The van der Waals surface area contributed by atoms with Crippen LogP contribution in [0.3, 0.4) is 0 Å². The molecule has 0 unspecified atom stereocenters. The molecule has 0 aliphatic rings. The number of nitrogens with one attached hydrogen (secondary N) is 1. The van der Waals surface area contributed by atoms with Gasteiger partial charge in [-0.05, 0) is 24.6 Å². The number of nitrogens with zero attached hydrogens (tertiary/aromatic N) is 3. The van der Waals surface area contributed by atoms with Gasteiger partial charge in [-0.2, -0.15) is 0 Å². The van der Waals surface area contributed by atoms with Crippen molar-refractivity contribution in [1.82, 2.24) is 14.9 Å². The van der Waals surface area contributed by atoms with Crippen LogP contribution in [0.2, 0.25) is 5.15 Å². The van der Waals surface area contributed by atoms with E-state index >= 15 is 0 Å². The average Bonchev–Trinajstić information content (AvgIpc) is 2.94. The molecule has 1 aromatic heterocycles. The van der Waals surface area contributed by atoms with Crippen LogP contribution in [0.1, 0.15) is 16.8 Å². The first kappa shape index (κ1) is 20.3. The van der Waals surface area contributed by atoms with Crippen molar-refractivity contribution in [2.45, 2.75) is 20.0 Å². The van der Waals surface area contributed by atoms with Gasteiger partial charge >= 0.3 is 0 Å². The molecule has 1 N–H and O–H groups in total. The van der Waals surface area contributed by atoms with Gasteiger partial charge in [-0.25, -0.2) is 4.98 Å². The Morgan fingerprint density at radius 3 is 2.27 bits per heavy atom.